The highest BCUT2D eigenvalue weighted by atomic mass is 35.5. The topological polar surface area (TPSA) is 107 Å². The smallest absolute Gasteiger partial charge is 0.271 e. The maximum Gasteiger partial charge on any atom is 0.271 e. The van der Waals surface area contributed by atoms with E-state index in [2.05, 4.69) is 0 Å². The van der Waals surface area contributed by atoms with Gasteiger partial charge in [0.1, 0.15) is 18.0 Å². The van der Waals surface area contributed by atoms with Crippen molar-refractivity contribution in [2.45, 2.75) is 6.92 Å². The van der Waals surface area contributed by atoms with Crippen molar-refractivity contribution < 1.29 is 22.9 Å². The van der Waals surface area contributed by atoms with Crippen LogP contribution in [0.3, 0.4) is 0 Å². The summed E-state index contributed by atoms with van der Waals surface area (Å²) in [5, 5.41) is 9.90. The normalized spacial score (nSPS) is 11.0. The van der Waals surface area contributed by atoms with Crippen molar-refractivity contribution in [3.05, 3.63) is 28.3 Å². The third-order valence-electron chi connectivity index (χ3n) is 2.61. The van der Waals surface area contributed by atoms with Gasteiger partial charge >= 0.3 is 0 Å². The molecule has 0 aliphatic heterocycles. The molecule has 1 aromatic rings. The number of anilines is 1. The Labute approximate surface area is 126 Å². The number of nitro groups is 1. The molecule has 0 saturated heterocycles. The van der Waals surface area contributed by atoms with Crippen LogP contribution in [0.5, 0.6) is 5.75 Å². The number of ether oxygens (including phenoxy) is 1. The number of hydrogen-bond donors (Lipinski definition) is 0. The van der Waals surface area contributed by atoms with Crippen LogP contribution in [0, 0.1) is 10.1 Å². The van der Waals surface area contributed by atoms with E-state index < -0.39 is 26.7 Å². The summed E-state index contributed by atoms with van der Waals surface area (Å²) in [5.41, 5.74) is -0.438. The Kier molecular flexibility index (Phi) is 5.50. The number of sulfonamides is 1. The molecule has 0 radical (unpaired) electrons. The summed E-state index contributed by atoms with van der Waals surface area (Å²) in [7, 11) is -2.58. The Morgan fingerprint density at radius 2 is 2.10 bits per heavy atom. The zero-order chi connectivity index (χ0) is 16.2. The predicted molar refractivity (Wildman–Crippen MR) is 77.3 cm³/mol. The van der Waals surface area contributed by atoms with Gasteiger partial charge in [-0.25, -0.2) is 8.42 Å². The highest BCUT2D eigenvalue weighted by Gasteiger charge is 2.27. The van der Waals surface area contributed by atoms with Crippen molar-refractivity contribution in [2.24, 2.45) is 0 Å². The summed E-state index contributed by atoms with van der Waals surface area (Å²) in [6.07, 6.45) is 0. The van der Waals surface area contributed by atoms with E-state index in [4.69, 9.17) is 16.3 Å². The number of carbonyl (C=O) groups excluding carboxylic acids is 1. The molecule has 0 N–H and O–H groups in total. The molecule has 0 aromatic heterocycles. The van der Waals surface area contributed by atoms with Crippen LogP contribution in [0.25, 0.3) is 0 Å². The summed E-state index contributed by atoms with van der Waals surface area (Å²) in [4.78, 5) is 21.2. The highest BCUT2D eigenvalue weighted by Crippen LogP contribution is 2.34. The van der Waals surface area contributed by atoms with Gasteiger partial charge in [0.05, 0.1) is 17.8 Å². The third kappa shape index (κ3) is 4.05. The van der Waals surface area contributed by atoms with Crippen LogP contribution < -0.4 is 9.04 Å². The van der Waals surface area contributed by atoms with Crippen LogP contribution in [-0.2, 0) is 14.8 Å². The second kappa shape index (κ2) is 6.72. The molecule has 0 bridgehead atoms. The van der Waals surface area contributed by atoms with Crippen molar-refractivity contribution in [1.82, 2.24) is 0 Å². The lowest BCUT2D eigenvalue weighted by Crippen LogP contribution is -2.35. The molecule has 0 heterocycles. The van der Waals surface area contributed by atoms with Gasteiger partial charge in [0.2, 0.25) is 15.3 Å². The first-order chi connectivity index (χ1) is 9.72. The molecule has 0 unspecified atom stereocenters. The van der Waals surface area contributed by atoms with Gasteiger partial charge in [-0.3, -0.25) is 19.2 Å². The summed E-state index contributed by atoms with van der Waals surface area (Å²) in [6.45, 7) is 0.736. The van der Waals surface area contributed by atoms with Gasteiger partial charge < -0.3 is 4.74 Å². The van der Waals surface area contributed by atoms with Crippen molar-refractivity contribution in [2.75, 3.05) is 23.7 Å². The Bertz CT molecular complexity index is 661. The average Bonchev–Trinajstić information content (AvgIpc) is 2.43. The molecule has 0 aliphatic carbocycles. The summed E-state index contributed by atoms with van der Waals surface area (Å²) in [6, 6.07) is 3.44. The molecule has 116 valence electrons. The van der Waals surface area contributed by atoms with E-state index in [0.29, 0.717) is 4.31 Å². The van der Waals surface area contributed by atoms with Crippen LogP contribution >= 0.6 is 11.6 Å². The number of non-ortho nitro benzene ring substituents is 1. The second-order valence-corrected chi connectivity index (χ2v) is 6.48. The molecule has 21 heavy (non-hydrogen) atoms. The molecule has 1 aromatic carbocycles. The standard InChI is InChI=1S/C11H13ClN2O6S/c1-3-21(18,19)13(7-11(12)15)9-6-8(14(16)17)4-5-10(9)20-2/h4-6H,3,7H2,1-2H3. The first-order valence-electron chi connectivity index (χ1n) is 5.74. The number of halogens is 1. The average molecular weight is 337 g/mol. The lowest BCUT2D eigenvalue weighted by atomic mass is 10.2. The minimum absolute atomic E-state index is 0.0792. The van der Waals surface area contributed by atoms with Crippen LogP contribution in [0.2, 0.25) is 0 Å². The Hall–Kier alpha value is -1.87. The van der Waals surface area contributed by atoms with Crippen LogP contribution in [-0.4, -0.2) is 38.0 Å². The van der Waals surface area contributed by atoms with E-state index >= 15 is 0 Å². The molecular weight excluding hydrogens is 324 g/mol. The fraction of sp³-hybridized carbons (Fsp3) is 0.364. The van der Waals surface area contributed by atoms with Crippen LogP contribution in [0.1, 0.15) is 6.92 Å². The highest BCUT2D eigenvalue weighted by molar-refractivity contribution is 7.92. The van der Waals surface area contributed by atoms with E-state index in [1.54, 1.807) is 0 Å². The molecule has 0 spiro atoms. The van der Waals surface area contributed by atoms with E-state index in [1.165, 1.54) is 26.2 Å². The zero-order valence-electron chi connectivity index (χ0n) is 11.3. The Balaban J connectivity index is 3.51. The Morgan fingerprint density at radius 3 is 2.52 bits per heavy atom. The number of hydrogen-bond acceptors (Lipinski definition) is 6. The fourth-order valence-corrected chi connectivity index (χ4v) is 2.85. The quantitative estimate of drug-likeness (QED) is 0.424. The second-order valence-electron chi connectivity index (χ2n) is 3.88. The fourth-order valence-electron chi connectivity index (χ4n) is 1.59. The third-order valence-corrected chi connectivity index (χ3v) is 4.46. The molecule has 0 amide bonds. The van der Waals surface area contributed by atoms with Crippen molar-refractivity contribution in [3.8, 4) is 5.75 Å². The number of nitrogens with zero attached hydrogens (tertiary/aromatic N) is 2. The molecule has 0 aliphatic rings. The van der Waals surface area contributed by atoms with Gasteiger partial charge in [0.15, 0.2) is 0 Å². The van der Waals surface area contributed by atoms with Crippen molar-refractivity contribution in [3.63, 3.8) is 0 Å². The van der Waals surface area contributed by atoms with Crippen LogP contribution in [0.4, 0.5) is 11.4 Å². The summed E-state index contributed by atoms with van der Waals surface area (Å²) >= 11 is 5.26. The number of rotatable bonds is 7. The molecule has 0 atom stereocenters. The molecule has 1 rings (SSSR count). The largest absolute Gasteiger partial charge is 0.495 e. The van der Waals surface area contributed by atoms with Gasteiger partial charge in [0, 0.05) is 12.1 Å². The first kappa shape index (κ1) is 17.2. The zero-order valence-corrected chi connectivity index (χ0v) is 12.8. The van der Waals surface area contributed by atoms with E-state index in [1.807, 2.05) is 0 Å². The predicted octanol–water partition coefficient (Wildman–Crippen LogP) is 1.52. The monoisotopic (exact) mass is 336 g/mol. The van der Waals surface area contributed by atoms with E-state index in [0.717, 1.165) is 6.07 Å². The van der Waals surface area contributed by atoms with Gasteiger partial charge in [-0.05, 0) is 24.6 Å². The number of methoxy groups -OCH3 is 1. The Morgan fingerprint density at radius 1 is 1.48 bits per heavy atom. The van der Waals surface area contributed by atoms with E-state index in [9.17, 15) is 23.3 Å². The lowest BCUT2D eigenvalue weighted by molar-refractivity contribution is -0.384. The number of carbonyl (C=O) groups is 1. The van der Waals surface area contributed by atoms with Gasteiger partial charge in [0.25, 0.3) is 5.69 Å². The van der Waals surface area contributed by atoms with Gasteiger partial charge in [-0.2, -0.15) is 0 Å². The molecule has 0 fully saturated rings. The molecule has 0 saturated carbocycles. The maximum absolute atomic E-state index is 12.1. The SMILES string of the molecule is CCS(=O)(=O)N(CC(=O)Cl)c1cc([N+](=O)[O-])ccc1OC. The summed E-state index contributed by atoms with van der Waals surface area (Å²) < 4.78 is 29.9. The van der Waals surface area contributed by atoms with Gasteiger partial charge in [-0.1, -0.05) is 0 Å². The van der Waals surface area contributed by atoms with Crippen molar-refractivity contribution >= 4 is 38.2 Å². The molecular formula is C11H13ClN2O6S. The molecule has 10 heteroatoms. The minimum Gasteiger partial charge on any atom is -0.495 e. The van der Waals surface area contributed by atoms with Crippen LogP contribution in [0.15, 0.2) is 18.2 Å². The van der Waals surface area contributed by atoms with E-state index in [-0.39, 0.29) is 22.9 Å². The lowest BCUT2D eigenvalue weighted by Gasteiger charge is -2.23. The maximum atomic E-state index is 12.1. The first-order valence-corrected chi connectivity index (χ1v) is 7.72. The summed E-state index contributed by atoms with van der Waals surface area (Å²) in [5.74, 6) is -0.223. The number of benzene rings is 1. The molecule has 8 nitrogen and oxygen atoms in total. The van der Waals surface area contributed by atoms with Gasteiger partial charge in [-0.15, -0.1) is 0 Å². The minimum atomic E-state index is -3.86. The van der Waals surface area contributed by atoms with Crippen molar-refractivity contribution in [1.29, 1.82) is 0 Å². The number of nitro benzene ring substituents is 1.